The molecule has 3 heterocycles. The lowest BCUT2D eigenvalue weighted by Gasteiger charge is -2.22. The molecule has 1 atom stereocenters. The second-order valence-electron chi connectivity index (χ2n) is 6.77. The molecule has 0 unspecified atom stereocenters. The topological polar surface area (TPSA) is 102 Å². The molecule has 2 aliphatic rings. The zero-order valence-electron chi connectivity index (χ0n) is 14.4. The summed E-state index contributed by atoms with van der Waals surface area (Å²) < 4.78 is 5.50. The number of rotatable bonds is 2. The molecule has 1 aromatic carbocycles. The number of carbonyl (C=O) groups excluding carboxylic acids is 2. The minimum atomic E-state index is -0.587. The van der Waals surface area contributed by atoms with E-state index >= 15 is 0 Å². The predicted octanol–water partition coefficient (Wildman–Crippen LogP) is 1.39. The van der Waals surface area contributed by atoms with Crippen LogP contribution in [-0.2, 0) is 4.74 Å². The highest BCUT2D eigenvalue weighted by Gasteiger charge is 2.49. The number of nitrogens with zero attached hydrogens (tertiary/aromatic N) is 4. The highest BCUT2D eigenvalue weighted by atomic mass is 16.6. The van der Waals surface area contributed by atoms with Crippen molar-refractivity contribution in [3.63, 3.8) is 0 Å². The molecule has 2 saturated heterocycles. The molecule has 1 spiro atoms. The smallest absolute Gasteiger partial charge is 0.410 e. The largest absolute Gasteiger partial charge is 0.439 e. The van der Waals surface area contributed by atoms with Crippen LogP contribution in [0.2, 0.25) is 0 Å². The van der Waals surface area contributed by atoms with Gasteiger partial charge in [-0.25, -0.2) is 14.8 Å². The van der Waals surface area contributed by atoms with E-state index in [2.05, 4.69) is 9.97 Å². The Hall–Kier alpha value is -3.16. The van der Waals surface area contributed by atoms with Crippen LogP contribution < -0.4 is 5.73 Å². The van der Waals surface area contributed by atoms with Gasteiger partial charge in [0.25, 0.3) is 5.91 Å². The molecule has 2 fully saturated rings. The van der Waals surface area contributed by atoms with E-state index in [1.807, 2.05) is 6.07 Å². The molecule has 2 N–H and O–H groups in total. The fourth-order valence-electron chi connectivity index (χ4n) is 3.51. The van der Waals surface area contributed by atoms with Gasteiger partial charge in [0.05, 0.1) is 13.1 Å². The number of aromatic nitrogens is 2. The molecule has 2 amide bonds. The van der Waals surface area contributed by atoms with Crippen LogP contribution in [0.15, 0.2) is 36.5 Å². The summed E-state index contributed by atoms with van der Waals surface area (Å²) in [6, 6.07) is 8.77. The minimum Gasteiger partial charge on any atom is -0.439 e. The van der Waals surface area contributed by atoms with Gasteiger partial charge in [-0.15, -0.1) is 0 Å². The van der Waals surface area contributed by atoms with Crippen LogP contribution in [0.3, 0.4) is 0 Å². The molecule has 0 aliphatic carbocycles. The third-order valence-corrected chi connectivity index (χ3v) is 4.79. The van der Waals surface area contributed by atoms with Gasteiger partial charge >= 0.3 is 6.09 Å². The number of likely N-dealkylation sites (tertiary alicyclic amines) is 1. The van der Waals surface area contributed by atoms with Gasteiger partial charge in [0.2, 0.25) is 0 Å². The van der Waals surface area contributed by atoms with Crippen LogP contribution in [0.1, 0.15) is 16.8 Å². The summed E-state index contributed by atoms with van der Waals surface area (Å²) in [4.78, 5) is 36.3. The van der Waals surface area contributed by atoms with Crippen LogP contribution in [0.5, 0.6) is 0 Å². The molecule has 134 valence electrons. The number of likely N-dealkylation sites (N-methyl/N-ethyl adjacent to an activating group) is 1. The maximum Gasteiger partial charge on any atom is 0.410 e. The third kappa shape index (κ3) is 2.83. The molecule has 1 aromatic heterocycles. The molecule has 26 heavy (non-hydrogen) atoms. The van der Waals surface area contributed by atoms with E-state index in [9.17, 15) is 9.59 Å². The SMILES string of the molecule is CN1C[C@]2(CCN(C(=O)c3cccc(-c4nccc(N)n4)c3)C2)OC1=O. The Bertz CT molecular complexity index is 887. The van der Waals surface area contributed by atoms with Gasteiger partial charge in [0, 0.05) is 37.3 Å². The summed E-state index contributed by atoms with van der Waals surface area (Å²) >= 11 is 0. The number of nitrogens with two attached hydrogens (primary N) is 1. The second-order valence-corrected chi connectivity index (χ2v) is 6.77. The van der Waals surface area contributed by atoms with E-state index < -0.39 is 5.60 Å². The summed E-state index contributed by atoms with van der Waals surface area (Å²) in [5.74, 6) is 0.752. The Kier molecular flexibility index (Phi) is 3.75. The number of ether oxygens (including phenoxy) is 1. The van der Waals surface area contributed by atoms with Crippen molar-refractivity contribution in [3.05, 3.63) is 42.1 Å². The van der Waals surface area contributed by atoms with Crippen molar-refractivity contribution in [1.82, 2.24) is 19.8 Å². The molecule has 8 nitrogen and oxygen atoms in total. The van der Waals surface area contributed by atoms with Crippen molar-refractivity contribution < 1.29 is 14.3 Å². The van der Waals surface area contributed by atoms with Gasteiger partial charge < -0.3 is 20.3 Å². The van der Waals surface area contributed by atoms with Gasteiger partial charge in [-0.05, 0) is 18.2 Å². The molecule has 2 aromatic rings. The summed E-state index contributed by atoms with van der Waals surface area (Å²) in [6.07, 6.45) is 1.90. The van der Waals surface area contributed by atoms with Gasteiger partial charge in [-0.2, -0.15) is 0 Å². The average Bonchev–Trinajstić information content (AvgIpc) is 3.17. The zero-order chi connectivity index (χ0) is 18.3. The second kappa shape index (κ2) is 5.98. The quantitative estimate of drug-likeness (QED) is 0.875. The maximum atomic E-state index is 12.9. The van der Waals surface area contributed by atoms with E-state index in [1.54, 1.807) is 47.3 Å². The van der Waals surface area contributed by atoms with Crippen LogP contribution >= 0.6 is 0 Å². The van der Waals surface area contributed by atoms with Crippen LogP contribution in [-0.4, -0.2) is 64.1 Å². The van der Waals surface area contributed by atoms with Crippen LogP contribution in [0.25, 0.3) is 11.4 Å². The summed E-state index contributed by atoms with van der Waals surface area (Å²) in [7, 11) is 1.70. The lowest BCUT2D eigenvalue weighted by Crippen LogP contribution is -2.39. The molecule has 0 radical (unpaired) electrons. The molecule has 4 rings (SSSR count). The summed E-state index contributed by atoms with van der Waals surface area (Å²) in [5.41, 5.74) is 6.39. The Labute approximate surface area is 150 Å². The number of carbonyl (C=O) groups is 2. The molecule has 2 aliphatic heterocycles. The monoisotopic (exact) mass is 353 g/mol. The van der Waals surface area contributed by atoms with Crippen molar-refractivity contribution in [1.29, 1.82) is 0 Å². The standard InChI is InChI=1S/C18H19N5O3/c1-22-10-18(26-17(22)25)6-8-23(11-18)16(24)13-4-2-3-12(9-13)15-20-7-5-14(19)21-15/h2-5,7,9H,6,8,10-11H2,1H3,(H2,19,20,21)/t18-/m0/s1. The first-order chi connectivity index (χ1) is 12.5. The number of amides is 2. The van der Waals surface area contributed by atoms with Crippen LogP contribution in [0, 0.1) is 0 Å². The maximum absolute atomic E-state index is 12.9. The van der Waals surface area contributed by atoms with Crippen molar-refractivity contribution in [3.8, 4) is 11.4 Å². The van der Waals surface area contributed by atoms with E-state index in [1.165, 1.54) is 0 Å². The third-order valence-electron chi connectivity index (χ3n) is 4.79. The number of benzene rings is 1. The fraction of sp³-hybridized carbons (Fsp3) is 0.333. The van der Waals surface area contributed by atoms with Crippen molar-refractivity contribution in [2.45, 2.75) is 12.0 Å². The minimum absolute atomic E-state index is 0.0989. The molecule has 8 heteroatoms. The number of hydrogen-bond acceptors (Lipinski definition) is 6. The van der Waals surface area contributed by atoms with E-state index in [-0.39, 0.29) is 12.0 Å². The normalized spacial score (nSPS) is 22.1. The average molecular weight is 353 g/mol. The fourth-order valence-corrected chi connectivity index (χ4v) is 3.51. The molecule has 0 bridgehead atoms. The predicted molar refractivity (Wildman–Crippen MR) is 94.2 cm³/mol. The molecular weight excluding hydrogens is 334 g/mol. The van der Waals surface area contributed by atoms with E-state index in [0.29, 0.717) is 43.3 Å². The highest BCUT2D eigenvalue weighted by Crippen LogP contribution is 2.32. The molecule has 0 saturated carbocycles. The Morgan fingerprint density at radius 1 is 1.31 bits per heavy atom. The number of hydrogen-bond donors (Lipinski definition) is 1. The van der Waals surface area contributed by atoms with E-state index in [4.69, 9.17) is 10.5 Å². The first-order valence-corrected chi connectivity index (χ1v) is 8.38. The van der Waals surface area contributed by atoms with Crippen LogP contribution in [0.4, 0.5) is 10.6 Å². The number of nitrogen functional groups attached to an aromatic ring is 1. The lowest BCUT2D eigenvalue weighted by atomic mass is 10.0. The van der Waals surface area contributed by atoms with Gasteiger partial charge in [-0.1, -0.05) is 12.1 Å². The van der Waals surface area contributed by atoms with Crippen molar-refractivity contribution in [2.24, 2.45) is 0 Å². The van der Waals surface area contributed by atoms with Gasteiger partial charge in [0.1, 0.15) is 5.82 Å². The Morgan fingerprint density at radius 3 is 2.88 bits per heavy atom. The van der Waals surface area contributed by atoms with Crippen molar-refractivity contribution in [2.75, 3.05) is 32.4 Å². The lowest BCUT2D eigenvalue weighted by molar-refractivity contribution is 0.0553. The summed E-state index contributed by atoms with van der Waals surface area (Å²) in [6.45, 7) is 1.46. The first-order valence-electron chi connectivity index (χ1n) is 8.38. The van der Waals surface area contributed by atoms with Gasteiger partial charge in [0.15, 0.2) is 11.4 Å². The molecular formula is C18H19N5O3. The Balaban J connectivity index is 1.54. The van der Waals surface area contributed by atoms with Gasteiger partial charge in [-0.3, -0.25) is 4.79 Å². The zero-order valence-corrected chi connectivity index (χ0v) is 14.4. The first kappa shape index (κ1) is 16.3. The Morgan fingerprint density at radius 2 is 2.15 bits per heavy atom. The van der Waals surface area contributed by atoms with Crippen molar-refractivity contribution >= 4 is 17.8 Å². The van der Waals surface area contributed by atoms with E-state index in [0.717, 1.165) is 5.56 Å². The number of anilines is 1. The highest BCUT2D eigenvalue weighted by molar-refractivity contribution is 5.95. The summed E-state index contributed by atoms with van der Waals surface area (Å²) in [5, 5.41) is 0.